The van der Waals surface area contributed by atoms with Crippen LogP contribution in [0.3, 0.4) is 0 Å². The minimum atomic E-state index is -0.773. The van der Waals surface area contributed by atoms with Gasteiger partial charge in [-0.2, -0.15) is 0 Å². The Labute approximate surface area is 157 Å². The van der Waals surface area contributed by atoms with E-state index in [1.807, 2.05) is 36.4 Å². The van der Waals surface area contributed by atoms with E-state index in [0.717, 1.165) is 21.2 Å². The van der Waals surface area contributed by atoms with Crippen LogP contribution in [-0.4, -0.2) is 18.4 Å². The van der Waals surface area contributed by atoms with Gasteiger partial charge in [0.05, 0.1) is 5.41 Å². The highest BCUT2D eigenvalue weighted by Crippen LogP contribution is 2.24. The van der Waals surface area contributed by atoms with Crippen LogP contribution >= 0.6 is 23.4 Å². The van der Waals surface area contributed by atoms with E-state index in [-0.39, 0.29) is 12.5 Å². The first-order chi connectivity index (χ1) is 11.8. The number of carbonyl (C=O) groups is 2. The van der Waals surface area contributed by atoms with Gasteiger partial charge in [0.1, 0.15) is 0 Å². The summed E-state index contributed by atoms with van der Waals surface area (Å²) >= 11 is 7.58. The number of halogens is 1. The maximum absolute atomic E-state index is 12.2. The van der Waals surface area contributed by atoms with Crippen molar-refractivity contribution in [2.45, 2.75) is 24.5 Å². The van der Waals surface area contributed by atoms with Gasteiger partial charge in [0.15, 0.2) is 0 Å². The number of amides is 2. The maximum atomic E-state index is 12.2. The standard InChI is InChI=1S/C19H21ClN2O2S/c1-19(2,18(21)24)12-22-17(23)14-5-3-13(4-6-14)11-25-16-9-7-15(20)8-10-16/h3-10H,11-12H2,1-2H3,(H2,21,24)(H,22,23). The molecule has 4 nitrogen and oxygen atoms in total. The van der Waals surface area contributed by atoms with Crippen molar-refractivity contribution in [1.82, 2.24) is 5.32 Å². The van der Waals surface area contributed by atoms with Crippen LogP contribution in [0.1, 0.15) is 29.8 Å². The second-order valence-electron chi connectivity index (χ2n) is 6.37. The summed E-state index contributed by atoms with van der Waals surface area (Å²) in [7, 11) is 0. The van der Waals surface area contributed by atoms with E-state index < -0.39 is 11.3 Å². The Kier molecular flexibility index (Phi) is 6.51. The van der Waals surface area contributed by atoms with Crippen LogP contribution in [0, 0.1) is 5.41 Å². The second kappa shape index (κ2) is 8.41. The number of carbonyl (C=O) groups excluding carboxylic acids is 2. The molecule has 0 aromatic heterocycles. The molecule has 132 valence electrons. The second-order valence-corrected chi connectivity index (χ2v) is 7.86. The highest BCUT2D eigenvalue weighted by atomic mass is 35.5. The third-order valence-electron chi connectivity index (χ3n) is 3.79. The fourth-order valence-corrected chi connectivity index (χ4v) is 2.92. The molecule has 2 rings (SSSR count). The summed E-state index contributed by atoms with van der Waals surface area (Å²) < 4.78 is 0. The highest BCUT2D eigenvalue weighted by molar-refractivity contribution is 7.98. The van der Waals surface area contributed by atoms with E-state index in [4.69, 9.17) is 17.3 Å². The average Bonchev–Trinajstić information content (AvgIpc) is 2.59. The minimum Gasteiger partial charge on any atom is -0.369 e. The number of hydrogen-bond acceptors (Lipinski definition) is 3. The zero-order valence-corrected chi connectivity index (χ0v) is 15.8. The molecule has 0 spiro atoms. The Hall–Kier alpha value is -1.98. The lowest BCUT2D eigenvalue weighted by Crippen LogP contribution is -2.42. The van der Waals surface area contributed by atoms with Crippen molar-refractivity contribution in [3.8, 4) is 0 Å². The molecule has 25 heavy (non-hydrogen) atoms. The molecule has 0 saturated carbocycles. The van der Waals surface area contributed by atoms with Crippen molar-refractivity contribution in [2.24, 2.45) is 11.1 Å². The Bertz CT molecular complexity index is 743. The number of primary amides is 1. The molecular weight excluding hydrogens is 356 g/mol. The molecule has 0 bridgehead atoms. The Morgan fingerprint density at radius 1 is 1.08 bits per heavy atom. The van der Waals surface area contributed by atoms with E-state index in [1.54, 1.807) is 37.7 Å². The van der Waals surface area contributed by atoms with Gasteiger partial charge < -0.3 is 11.1 Å². The molecule has 0 atom stereocenters. The lowest BCUT2D eigenvalue weighted by molar-refractivity contribution is -0.125. The topological polar surface area (TPSA) is 72.2 Å². The largest absolute Gasteiger partial charge is 0.369 e. The molecule has 2 amide bonds. The van der Waals surface area contributed by atoms with Crippen LogP contribution in [0.5, 0.6) is 0 Å². The molecule has 2 aromatic carbocycles. The molecule has 0 unspecified atom stereocenters. The Morgan fingerprint density at radius 3 is 2.24 bits per heavy atom. The first-order valence-electron chi connectivity index (χ1n) is 7.83. The zero-order chi connectivity index (χ0) is 18.4. The van der Waals surface area contributed by atoms with Crippen molar-refractivity contribution in [3.63, 3.8) is 0 Å². The van der Waals surface area contributed by atoms with Gasteiger partial charge in [-0.15, -0.1) is 11.8 Å². The van der Waals surface area contributed by atoms with Crippen LogP contribution in [0.15, 0.2) is 53.4 Å². The maximum Gasteiger partial charge on any atom is 0.251 e. The molecule has 0 heterocycles. The van der Waals surface area contributed by atoms with Gasteiger partial charge in [-0.25, -0.2) is 0 Å². The SMILES string of the molecule is CC(C)(CNC(=O)c1ccc(CSc2ccc(Cl)cc2)cc1)C(N)=O. The fraction of sp³-hybridized carbons (Fsp3) is 0.263. The molecule has 0 fully saturated rings. The molecule has 2 aromatic rings. The summed E-state index contributed by atoms with van der Waals surface area (Å²) in [6.07, 6.45) is 0. The number of nitrogens with one attached hydrogen (secondary N) is 1. The number of benzene rings is 2. The Morgan fingerprint density at radius 2 is 1.68 bits per heavy atom. The van der Waals surface area contributed by atoms with Crippen molar-refractivity contribution >= 4 is 35.2 Å². The lowest BCUT2D eigenvalue weighted by atomic mass is 9.92. The molecule has 0 aliphatic rings. The first-order valence-corrected chi connectivity index (χ1v) is 9.20. The van der Waals surface area contributed by atoms with E-state index in [1.165, 1.54) is 0 Å². The predicted octanol–water partition coefficient (Wildman–Crippen LogP) is 3.87. The van der Waals surface area contributed by atoms with Gasteiger partial charge in [-0.05, 0) is 55.8 Å². The average molecular weight is 377 g/mol. The normalized spacial score (nSPS) is 11.2. The summed E-state index contributed by atoms with van der Waals surface area (Å²) in [5.74, 6) is 0.145. The summed E-state index contributed by atoms with van der Waals surface area (Å²) in [5.41, 5.74) is 6.21. The summed E-state index contributed by atoms with van der Waals surface area (Å²) in [6, 6.07) is 15.1. The zero-order valence-electron chi connectivity index (χ0n) is 14.2. The molecule has 0 aliphatic heterocycles. The number of nitrogens with two attached hydrogens (primary N) is 1. The number of rotatable bonds is 7. The summed E-state index contributed by atoms with van der Waals surface area (Å²) in [4.78, 5) is 24.6. The van der Waals surface area contributed by atoms with Crippen molar-refractivity contribution in [2.75, 3.05) is 6.54 Å². The van der Waals surface area contributed by atoms with Crippen LogP contribution in [0.4, 0.5) is 0 Å². The van der Waals surface area contributed by atoms with Crippen LogP contribution in [0.2, 0.25) is 5.02 Å². The van der Waals surface area contributed by atoms with Crippen molar-refractivity contribution in [3.05, 3.63) is 64.7 Å². The molecule has 0 radical (unpaired) electrons. The van der Waals surface area contributed by atoms with Crippen molar-refractivity contribution in [1.29, 1.82) is 0 Å². The fourth-order valence-electron chi connectivity index (χ4n) is 1.94. The molecule has 3 N–H and O–H groups in total. The predicted molar refractivity (Wildman–Crippen MR) is 103 cm³/mol. The smallest absolute Gasteiger partial charge is 0.251 e. The first kappa shape index (κ1) is 19.3. The van der Waals surface area contributed by atoms with Gasteiger partial charge in [-0.3, -0.25) is 9.59 Å². The lowest BCUT2D eigenvalue weighted by Gasteiger charge is -2.20. The van der Waals surface area contributed by atoms with Gasteiger partial charge >= 0.3 is 0 Å². The third kappa shape index (κ3) is 5.80. The third-order valence-corrected chi connectivity index (χ3v) is 5.13. The van der Waals surface area contributed by atoms with E-state index in [2.05, 4.69) is 5.32 Å². The molecule has 0 aliphatic carbocycles. The molecule has 6 heteroatoms. The summed E-state index contributed by atoms with van der Waals surface area (Å²) in [5, 5.41) is 3.47. The van der Waals surface area contributed by atoms with Crippen LogP contribution < -0.4 is 11.1 Å². The highest BCUT2D eigenvalue weighted by Gasteiger charge is 2.25. The monoisotopic (exact) mass is 376 g/mol. The van der Waals surface area contributed by atoms with Gasteiger partial charge in [-0.1, -0.05) is 23.7 Å². The van der Waals surface area contributed by atoms with E-state index in [0.29, 0.717) is 5.56 Å². The quantitative estimate of drug-likeness (QED) is 0.720. The van der Waals surface area contributed by atoms with Gasteiger partial charge in [0.2, 0.25) is 5.91 Å². The Balaban J connectivity index is 1.89. The minimum absolute atomic E-state index is 0.204. The van der Waals surface area contributed by atoms with Gasteiger partial charge in [0, 0.05) is 27.8 Å². The molecular formula is C19H21ClN2O2S. The van der Waals surface area contributed by atoms with Crippen molar-refractivity contribution < 1.29 is 9.59 Å². The number of thioether (sulfide) groups is 1. The van der Waals surface area contributed by atoms with E-state index >= 15 is 0 Å². The summed E-state index contributed by atoms with van der Waals surface area (Å²) in [6.45, 7) is 3.61. The van der Waals surface area contributed by atoms with Crippen LogP contribution in [-0.2, 0) is 10.5 Å². The van der Waals surface area contributed by atoms with Gasteiger partial charge in [0.25, 0.3) is 5.91 Å². The van der Waals surface area contributed by atoms with Crippen LogP contribution in [0.25, 0.3) is 0 Å². The number of hydrogen-bond donors (Lipinski definition) is 2. The van der Waals surface area contributed by atoms with E-state index in [9.17, 15) is 9.59 Å². The molecule has 0 saturated heterocycles.